The second-order valence-corrected chi connectivity index (χ2v) is 3.78. The van der Waals surface area contributed by atoms with Crippen LogP contribution in [-0.4, -0.2) is 25.5 Å². The number of fused-ring (bicyclic) bond motifs is 1. The summed E-state index contributed by atoms with van der Waals surface area (Å²) in [5.74, 6) is 0.776. The normalized spacial score (nSPS) is 41.2. The van der Waals surface area contributed by atoms with Crippen molar-refractivity contribution in [2.45, 2.75) is 37.9 Å². The summed E-state index contributed by atoms with van der Waals surface area (Å²) in [7, 11) is 0. The van der Waals surface area contributed by atoms with Gasteiger partial charge in [-0.3, -0.25) is 0 Å². The first kappa shape index (κ1) is 8.48. The molecular weight excluding hydrogens is 154 g/mol. The highest BCUT2D eigenvalue weighted by Crippen LogP contribution is 2.33. The fourth-order valence-electron chi connectivity index (χ4n) is 2.26. The molecule has 2 rings (SSSR count). The standard InChI is InChI=1S/C9H17NO2/c10-4-3-7-1-2-8-9(5-7)12-6-11-8/h7-9H,1-6,10H2. The van der Waals surface area contributed by atoms with E-state index in [9.17, 15) is 0 Å². The number of ether oxygens (including phenoxy) is 2. The van der Waals surface area contributed by atoms with Gasteiger partial charge in [-0.1, -0.05) is 0 Å². The molecule has 2 aliphatic rings. The number of hydrogen-bond acceptors (Lipinski definition) is 3. The van der Waals surface area contributed by atoms with Crippen molar-refractivity contribution in [3.05, 3.63) is 0 Å². The van der Waals surface area contributed by atoms with Crippen LogP contribution < -0.4 is 5.73 Å². The van der Waals surface area contributed by atoms with Crippen molar-refractivity contribution < 1.29 is 9.47 Å². The highest BCUT2D eigenvalue weighted by Gasteiger charge is 2.35. The second kappa shape index (κ2) is 3.73. The van der Waals surface area contributed by atoms with Gasteiger partial charge in [0.05, 0.1) is 12.2 Å². The monoisotopic (exact) mass is 171 g/mol. The second-order valence-electron chi connectivity index (χ2n) is 3.78. The van der Waals surface area contributed by atoms with Crippen LogP contribution in [0.4, 0.5) is 0 Å². The summed E-state index contributed by atoms with van der Waals surface area (Å²) in [6, 6.07) is 0. The summed E-state index contributed by atoms with van der Waals surface area (Å²) >= 11 is 0. The maximum atomic E-state index is 5.52. The van der Waals surface area contributed by atoms with Crippen LogP contribution in [0.1, 0.15) is 25.7 Å². The average Bonchev–Trinajstić information content (AvgIpc) is 2.51. The molecule has 1 saturated carbocycles. The number of nitrogens with two attached hydrogens (primary N) is 1. The molecule has 1 saturated heterocycles. The van der Waals surface area contributed by atoms with Crippen LogP contribution in [0.3, 0.4) is 0 Å². The molecule has 2 fully saturated rings. The largest absolute Gasteiger partial charge is 0.349 e. The van der Waals surface area contributed by atoms with Crippen LogP contribution in [0.15, 0.2) is 0 Å². The zero-order chi connectivity index (χ0) is 8.39. The van der Waals surface area contributed by atoms with E-state index in [4.69, 9.17) is 15.2 Å². The summed E-state index contributed by atoms with van der Waals surface area (Å²) in [6.45, 7) is 1.31. The van der Waals surface area contributed by atoms with Gasteiger partial charge in [0.1, 0.15) is 6.79 Å². The zero-order valence-electron chi connectivity index (χ0n) is 7.37. The van der Waals surface area contributed by atoms with E-state index in [0.717, 1.165) is 31.7 Å². The molecule has 0 aromatic carbocycles. The molecule has 1 heterocycles. The van der Waals surface area contributed by atoms with Crippen molar-refractivity contribution in [3.8, 4) is 0 Å². The maximum absolute atomic E-state index is 5.52. The minimum Gasteiger partial charge on any atom is -0.349 e. The lowest BCUT2D eigenvalue weighted by Crippen LogP contribution is -2.31. The molecular formula is C9H17NO2. The lowest BCUT2D eigenvalue weighted by Gasteiger charge is -2.29. The van der Waals surface area contributed by atoms with Crippen molar-refractivity contribution in [1.29, 1.82) is 0 Å². The van der Waals surface area contributed by atoms with Gasteiger partial charge in [-0.05, 0) is 38.1 Å². The van der Waals surface area contributed by atoms with Gasteiger partial charge in [-0.25, -0.2) is 0 Å². The third kappa shape index (κ3) is 1.63. The topological polar surface area (TPSA) is 44.5 Å². The van der Waals surface area contributed by atoms with E-state index in [0.29, 0.717) is 19.0 Å². The van der Waals surface area contributed by atoms with Gasteiger partial charge in [0.2, 0.25) is 0 Å². The van der Waals surface area contributed by atoms with E-state index < -0.39 is 0 Å². The molecule has 12 heavy (non-hydrogen) atoms. The van der Waals surface area contributed by atoms with E-state index in [2.05, 4.69) is 0 Å². The molecule has 3 unspecified atom stereocenters. The van der Waals surface area contributed by atoms with E-state index in [1.807, 2.05) is 0 Å². The lowest BCUT2D eigenvalue weighted by molar-refractivity contribution is 0.0387. The van der Waals surface area contributed by atoms with E-state index in [-0.39, 0.29) is 0 Å². The summed E-state index contributed by atoms with van der Waals surface area (Å²) in [4.78, 5) is 0. The first-order valence-electron chi connectivity index (χ1n) is 4.83. The zero-order valence-corrected chi connectivity index (χ0v) is 7.37. The van der Waals surface area contributed by atoms with Gasteiger partial charge >= 0.3 is 0 Å². The highest BCUT2D eigenvalue weighted by molar-refractivity contribution is 4.83. The van der Waals surface area contributed by atoms with Crippen LogP contribution >= 0.6 is 0 Å². The minimum atomic E-state index is 0.371. The Kier molecular flexibility index (Phi) is 2.63. The Morgan fingerprint density at radius 2 is 2.00 bits per heavy atom. The van der Waals surface area contributed by atoms with Gasteiger partial charge in [0.25, 0.3) is 0 Å². The van der Waals surface area contributed by atoms with Gasteiger partial charge in [0.15, 0.2) is 0 Å². The fraction of sp³-hybridized carbons (Fsp3) is 1.00. The molecule has 3 heteroatoms. The van der Waals surface area contributed by atoms with Crippen molar-refractivity contribution in [2.24, 2.45) is 11.7 Å². The molecule has 1 aliphatic heterocycles. The van der Waals surface area contributed by atoms with Crippen molar-refractivity contribution in [2.75, 3.05) is 13.3 Å². The SMILES string of the molecule is NCCC1CCC2OCOC2C1. The quantitative estimate of drug-likeness (QED) is 0.670. The Balaban J connectivity index is 1.84. The van der Waals surface area contributed by atoms with Crippen LogP contribution in [0, 0.1) is 5.92 Å². The molecule has 70 valence electrons. The smallest absolute Gasteiger partial charge is 0.147 e. The Hall–Kier alpha value is -0.120. The summed E-state index contributed by atoms with van der Waals surface area (Å²) in [5.41, 5.74) is 5.52. The Morgan fingerprint density at radius 3 is 2.83 bits per heavy atom. The predicted molar refractivity (Wildman–Crippen MR) is 45.6 cm³/mol. The van der Waals surface area contributed by atoms with Crippen molar-refractivity contribution in [3.63, 3.8) is 0 Å². The minimum absolute atomic E-state index is 0.371. The summed E-state index contributed by atoms with van der Waals surface area (Å²) < 4.78 is 10.9. The predicted octanol–water partition coefficient (Wildman–Crippen LogP) is 0.877. The third-order valence-electron chi connectivity index (χ3n) is 2.98. The first-order chi connectivity index (χ1) is 5.90. The molecule has 2 N–H and O–H groups in total. The molecule has 0 aromatic rings. The van der Waals surface area contributed by atoms with E-state index in [1.165, 1.54) is 6.42 Å². The molecule has 0 amide bonds. The van der Waals surface area contributed by atoms with Gasteiger partial charge in [-0.15, -0.1) is 0 Å². The Labute approximate surface area is 73.2 Å². The first-order valence-corrected chi connectivity index (χ1v) is 4.83. The average molecular weight is 171 g/mol. The van der Waals surface area contributed by atoms with Gasteiger partial charge in [0, 0.05) is 0 Å². The summed E-state index contributed by atoms with van der Waals surface area (Å²) in [6.07, 6.45) is 5.49. The third-order valence-corrected chi connectivity index (χ3v) is 2.98. The molecule has 0 radical (unpaired) electrons. The molecule has 0 spiro atoms. The molecule has 3 atom stereocenters. The molecule has 3 nitrogen and oxygen atoms in total. The number of rotatable bonds is 2. The van der Waals surface area contributed by atoms with Crippen LogP contribution in [-0.2, 0) is 9.47 Å². The maximum Gasteiger partial charge on any atom is 0.147 e. The molecule has 1 aliphatic carbocycles. The van der Waals surface area contributed by atoms with Crippen LogP contribution in [0.5, 0.6) is 0 Å². The van der Waals surface area contributed by atoms with Crippen LogP contribution in [0.2, 0.25) is 0 Å². The fourth-order valence-corrected chi connectivity index (χ4v) is 2.26. The Morgan fingerprint density at radius 1 is 1.17 bits per heavy atom. The van der Waals surface area contributed by atoms with E-state index >= 15 is 0 Å². The van der Waals surface area contributed by atoms with Crippen molar-refractivity contribution in [1.82, 2.24) is 0 Å². The molecule has 0 aromatic heterocycles. The lowest BCUT2D eigenvalue weighted by atomic mass is 9.83. The van der Waals surface area contributed by atoms with Crippen molar-refractivity contribution >= 4 is 0 Å². The Bertz CT molecular complexity index is 151. The van der Waals surface area contributed by atoms with Crippen LogP contribution in [0.25, 0.3) is 0 Å². The van der Waals surface area contributed by atoms with Gasteiger partial charge < -0.3 is 15.2 Å². The van der Waals surface area contributed by atoms with E-state index in [1.54, 1.807) is 0 Å². The molecule has 0 bridgehead atoms. The number of hydrogen-bond donors (Lipinski definition) is 1. The summed E-state index contributed by atoms with van der Waals surface area (Å²) in [5, 5.41) is 0. The highest BCUT2D eigenvalue weighted by atomic mass is 16.7. The van der Waals surface area contributed by atoms with Gasteiger partial charge in [-0.2, -0.15) is 0 Å².